The van der Waals surface area contributed by atoms with Crippen LogP contribution in [0.3, 0.4) is 0 Å². The number of unbranched alkanes of at least 4 members (excludes halogenated alkanes) is 2. The second-order valence-corrected chi connectivity index (χ2v) is 11.3. The van der Waals surface area contributed by atoms with Gasteiger partial charge in [-0.05, 0) is 72.1 Å². The monoisotopic (exact) mass is 577 g/mol. The van der Waals surface area contributed by atoms with Crippen LogP contribution in [0.5, 0.6) is 5.75 Å². The van der Waals surface area contributed by atoms with E-state index in [0.717, 1.165) is 22.3 Å². The first-order valence-electron chi connectivity index (χ1n) is 14.5. The summed E-state index contributed by atoms with van der Waals surface area (Å²) in [6.45, 7) is 0.359. The highest BCUT2D eigenvalue weighted by Crippen LogP contribution is 2.50. The summed E-state index contributed by atoms with van der Waals surface area (Å²) >= 11 is 0. The second kappa shape index (κ2) is 13.0. The summed E-state index contributed by atoms with van der Waals surface area (Å²) in [4.78, 5) is 38.8. The van der Waals surface area contributed by atoms with E-state index in [2.05, 4.69) is 0 Å². The molecule has 222 valence electrons. The predicted octanol–water partition coefficient (Wildman–Crippen LogP) is 4.81. The molecule has 0 radical (unpaired) electrons. The van der Waals surface area contributed by atoms with Crippen molar-refractivity contribution < 1.29 is 38.8 Å². The van der Waals surface area contributed by atoms with Gasteiger partial charge in [-0.15, -0.1) is 0 Å². The van der Waals surface area contributed by atoms with E-state index in [1.807, 2.05) is 36.4 Å². The molecule has 0 aromatic heterocycles. The van der Waals surface area contributed by atoms with Gasteiger partial charge >= 0.3 is 5.97 Å². The normalized spacial score (nSPS) is 23.9. The lowest BCUT2D eigenvalue weighted by Crippen LogP contribution is -2.35. The van der Waals surface area contributed by atoms with E-state index in [9.17, 15) is 29.0 Å². The number of carboxylic acid groups (broad SMARTS) is 1. The van der Waals surface area contributed by atoms with E-state index < -0.39 is 29.4 Å². The molecule has 0 spiro atoms. The van der Waals surface area contributed by atoms with Gasteiger partial charge in [0.25, 0.3) is 0 Å². The number of amides is 2. The Morgan fingerprint density at radius 1 is 1.02 bits per heavy atom. The summed E-state index contributed by atoms with van der Waals surface area (Å²) in [6, 6.07) is 14.0. The summed E-state index contributed by atoms with van der Waals surface area (Å²) in [5.41, 5.74) is 4.22. The molecule has 5 rings (SSSR count). The van der Waals surface area contributed by atoms with Crippen molar-refractivity contribution >= 4 is 29.4 Å². The number of likely N-dealkylation sites (tertiary alicyclic amines) is 1. The number of benzene rings is 2. The van der Waals surface area contributed by atoms with E-state index in [-0.39, 0.29) is 43.4 Å². The van der Waals surface area contributed by atoms with E-state index in [0.29, 0.717) is 50.7 Å². The fraction of sp³-hybridized carbons (Fsp3) is 0.424. The number of carbonyl (C=O) groups is 3. The first-order valence-corrected chi connectivity index (χ1v) is 14.5. The number of carboxylic acids is 1. The molecule has 0 saturated carbocycles. The van der Waals surface area contributed by atoms with Gasteiger partial charge in [0.15, 0.2) is 11.6 Å². The Labute approximate surface area is 244 Å². The highest BCUT2D eigenvalue weighted by atomic mass is 19.1. The molecule has 2 aromatic carbocycles. The van der Waals surface area contributed by atoms with E-state index in [1.165, 1.54) is 17.0 Å². The molecule has 2 heterocycles. The number of fused-ring (bicyclic) bond motifs is 3. The number of aromatic hydroxyl groups is 1. The SMILES string of the molecule is O=C(O)CCCCCN1C(=O)[C@@H]2[C@@H](CC(CO)=C3[C@@H](CC/C(=C/c4ccc(O)c(F)c4)c4ccccc4)OC[C@@H]32)C1=O. The molecule has 0 bridgehead atoms. The Kier molecular flexibility index (Phi) is 9.18. The molecule has 2 fully saturated rings. The van der Waals surface area contributed by atoms with Gasteiger partial charge in [0.1, 0.15) is 0 Å². The van der Waals surface area contributed by atoms with Crippen molar-refractivity contribution in [2.24, 2.45) is 17.8 Å². The molecule has 2 amide bonds. The summed E-state index contributed by atoms with van der Waals surface area (Å²) in [7, 11) is 0. The maximum atomic E-state index is 14.1. The Balaban J connectivity index is 1.32. The fourth-order valence-electron chi connectivity index (χ4n) is 6.68. The number of ether oxygens (including phenoxy) is 1. The molecule has 3 N–H and O–H groups in total. The van der Waals surface area contributed by atoms with Crippen LogP contribution < -0.4 is 0 Å². The number of nitrogens with zero attached hydrogens (tertiary/aromatic N) is 1. The summed E-state index contributed by atoms with van der Waals surface area (Å²) in [6.07, 6.45) is 4.77. The van der Waals surface area contributed by atoms with Crippen LogP contribution in [0, 0.1) is 23.6 Å². The minimum Gasteiger partial charge on any atom is -0.505 e. The summed E-state index contributed by atoms with van der Waals surface area (Å²) < 4.78 is 20.3. The van der Waals surface area contributed by atoms with Crippen molar-refractivity contribution in [2.75, 3.05) is 19.8 Å². The van der Waals surface area contributed by atoms with Gasteiger partial charge in [0, 0.05) is 18.9 Å². The van der Waals surface area contributed by atoms with Crippen molar-refractivity contribution in [3.8, 4) is 5.75 Å². The largest absolute Gasteiger partial charge is 0.505 e. The van der Waals surface area contributed by atoms with E-state index in [1.54, 1.807) is 6.07 Å². The molecular weight excluding hydrogens is 541 g/mol. The molecule has 2 saturated heterocycles. The lowest BCUT2D eigenvalue weighted by Gasteiger charge is -2.31. The molecule has 1 aliphatic carbocycles. The van der Waals surface area contributed by atoms with Gasteiger partial charge in [-0.2, -0.15) is 0 Å². The van der Waals surface area contributed by atoms with Crippen LogP contribution in [-0.4, -0.2) is 63.9 Å². The number of aliphatic carboxylic acids is 1. The standard InChI is InChI=1S/C33H36FNO7/c34-26-16-20(10-12-27(26)37)15-22(21-7-3-1-4-8-21)11-13-28-30-23(18-36)17-24-31(25(30)19-42-28)33(41)35(32(24)40)14-6-2-5-9-29(38)39/h1,3-4,7-8,10,12,15-16,24-25,28,31,36-37H,2,5-6,9,11,13-14,17-19H2,(H,38,39)/b22-15-/t24-,25+,28-,31-/m1/s1. The van der Waals surface area contributed by atoms with E-state index in [4.69, 9.17) is 9.84 Å². The van der Waals surface area contributed by atoms with Gasteiger partial charge < -0.3 is 20.1 Å². The smallest absolute Gasteiger partial charge is 0.303 e. The number of aliphatic hydroxyl groups is 1. The van der Waals surface area contributed by atoms with Gasteiger partial charge in [-0.3, -0.25) is 19.3 Å². The van der Waals surface area contributed by atoms with Crippen molar-refractivity contribution in [2.45, 2.75) is 51.0 Å². The average Bonchev–Trinajstić information content (AvgIpc) is 3.51. The topological polar surface area (TPSA) is 124 Å². The number of phenols is 1. The van der Waals surface area contributed by atoms with Crippen LogP contribution in [0.25, 0.3) is 11.6 Å². The van der Waals surface area contributed by atoms with Gasteiger partial charge in [-0.25, -0.2) is 4.39 Å². The highest BCUT2D eigenvalue weighted by Gasteiger charge is 2.56. The van der Waals surface area contributed by atoms with Crippen molar-refractivity contribution in [3.63, 3.8) is 0 Å². The number of halogens is 1. The highest BCUT2D eigenvalue weighted by molar-refractivity contribution is 6.06. The number of hydrogen-bond donors (Lipinski definition) is 3. The minimum absolute atomic E-state index is 0.0636. The zero-order chi connectivity index (χ0) is 29.8. The number of carbonyl (C=O) groups excluding carboxylic acids is 2. The average molecular weight is 578 g/mol. The number of phenolic OH excluding ortho intramolecular Hbond substituents is 1. The number of rotatable bonds is 12. The van der Waals surface area contributed by atoms with Crippen molar-refractivity contribution in [1.29, 1.82) is 0 Å². The van der Waals surface area contributed by atoms with Gasteiger partial charge in [-0.1, -0.05) is 48.9 Å². The molecule has 9 heteroatoms. The third-order valence-electron chi connectivity index (χ3n) is 8.70. The number of aliphatic hydroxyl groups excluding tert-OH is 1. The lowest BCUT2D eigenvalue weighted by atomic mass is 9.69. The fourth-order valence-corrected chi connectivity index (χ4v) is 6.68. The van der Waals surface area contributed by atoms with Gasteiger partial charge in [0.2, 0.25) is 11.8 Å². The maximum Gasteiger partial charge on any atom is 0.303 e. The van der Waals surface area contributed by atoms with Crippen LogP contribution in [0.1, 0.15) is 56.1 Å². The molecule has 4 atom stereocenters. The van der Waals surface area contributed by atoms with Crippen LogP contribution in [0.4, 0.5) is 4.39 Å². The lowest BCUT2D eigenvalue weighted by molar-refractivity contribution is -0.141. The minimum atomic E-state index is -0.860. The van der Waals surface area contributed by atoms with Crippen LogP contribution in [-0.2, 0) is 19.1 Å². The summed E-state index contributed by atoms with van der Waals surface area (Å²) in [5.74, 6) is -3.69. The number of hydrogen-bond acceptors (Lipinski definition) is 6. The van der Waals surface area contributed by atoms with Crippen LogP contribution in [0.2, 0.25) is 0 Å². The zero-order valence-corrected chi connectivity index (χ0v) is 23.4. The Bertz CT molecular complexity index is 1400. The molecule has 3 aliphatic rings. The van der Waals surface area contributed by atoms with Crippen molar-refractivity contribution in [1.82, 2.24) is 4.90 Å². The number of allylic oxidation sites excluding steroid dienone is 1. The predicted molar refractivity (Wildman–Crippen MR) is 153 cm³/mol. The van der Waals surface area contributed by atoms with Gasteiger partial charge in [0.05, 0.1) is 31.2 Å². The third kappa shape index (κ3) is 6.17. The van der Waals surface area contributed by atoms with Crippen molar-refractivity contribution in [3.05, 3.63) is 76.6 Å². The quantitative estimate of drug-likeness (QED) is 0.143. The van der Waals surface area contributed by atoms with Crippen LogP contribution in [0.15, 0.2) is 59.7 Å². The first kappa shape index (κ1) is 29.7. The summed E-state index contributed by atoms with van der Waals surface area (Å²) in [5, 5.41) is 28.7. The molecule has 2 aliphatic heterocycles. The Hall–Kier alpha value is -3.82. The number of imide groups is 1. The van der Waals surface area contributed by atoms with Crippen LogP contribution >= 0.6 is 0 Å². The molecule has 8 nitrogen and oxygen atoms in total. The molecular formula is C33H36FNO7. The Morgan fingerprint density at radius 3 is 2.52 bits per heavy atom. The maximum absolute atomic E-state index is 14.1. The molecule has 42 heavy (non-hydrogen) atoms. The second-order valence-electron chi connectivity index (χ2n) is 11.3. The third-order valence-corrected chi connectivity index (χ3v) is 8.70. The first-order chi connectivity index (χ1) is 20.3. The molecule has 0 unspecified atom stereocenters. The Morgan fingerprint density at radius 2 is 1.81 bits per heavy atom. The van der Waals surface area contributed by atoms with E-state index >= 15 is 0 Å². The molecule has 2 aromatic rings. The zero-order valence-electron chi connectivity index (χ0n) is 23.4.